The van der Waals surface area contributed by atoms with Crippen molar-refractivity contribution in [2.45, 2.75) is 19.4 Å². The smallest absolute Gasteiger partial charge is 0.267 e. The average molecular weight is 256 g/mol. The molecule has 2 rings (SSSR count). The summed E-state index contributed by atoms with van der Waals surface area (Å²) in [6.45, 7) is 1.78. The Labute approximate surface area is 99.1 Å². The summed E-state index contributed by atoms with van der Waals surface area (Å²) in [5.41, 5.74) is 1.16. The lowest BCUT2D eigenvalue weighted by atomic mass is 10.1. The maximum Gasteiger partial charge on any atom is 0.271 e. The van der Waals surface area contributed by atoms with Crippen LogP contribution in [-0.2, 0) is 16.4 Å². The molecule has 1 aromatic carbocycles. The molecule has 0 saturated carbocycles. The predicted octanol–water partition coefficient (Wildman–Crippen LogP) is 1.31. The number of anilines is 1. The van der Waals surface area contributed by atoms with Crippen molar-refractivity contribution in [3.63, 3.8) is 0 Å². The van der Waals surface area contributed by atoms with E-state index in [1.165, 1.54) is 16.4 Å². The molecule has 1 heterocycles. The highest BCUT2D eigenvalue weighted by Crippen LogP contribution is 2.36. The number of non-ortho nitro benzene ring substituents is 1. The number of rotatable bonds is 2. The van der Waals surface area contributed by atoms with Crippen molar-refractivity contribution >= 4 is 21.4 Å². The molecule has 1 aliphatic rings. The lowest BCUT2D eigenvalue weighted by molar-refractivity contribution is -0.384. The molecule has 1 atom stereocenters. The first-order chi connectivity index (χ1) is 7.80. The van der Waals surface area contributed by atoms with Gasteiger partial charge in [-0.05, 0) is 18.9 Å². The Kier molecular flexibility index (Phi) is 2.57. The van der Waals surface area contributed by atoms with E-state index in [-0.39, 0.29) is 11.7 Å². The van der Waals surface area contributed by atoms with Gasteiger partial charge in [0.05, 0.1) is 16.9 Å². The van der Waals surface area contributed by atoms with Gasteiger partial charge < -0.3 is 0 Å². The number of fused-ring (bicyclic) bond motifs is 1. The van der Waals surface area contributed by atoms with E-state index in [1.54, 1.807) is 13.0 Å². The minimum absolute atomic E-state index is 0.0912. The van der Waals surface area contributed by atoms with E-state index in [0.29, 0.717) is 12.1 Å². The molecule has 0 radical (unpaired) electrons. The summed E-state index contributed by atoms with van der Waals surface area (Å²) in [6.07, 6.45) is 1.69. The molecule has 17 heavy (non-hydrogen) atoms. The summed E-state index contributed by atoms with van der Waals surface area (Å²) < 4.78 is 24.5. The van der Waals surface area contributed by atoms with E-state index in [2.05, 4.69) is 0 Å². The Morgan fingerprint density at radius 1 is 1.47 bits per heavy atom. The first-order valence-corrected chi connectivity index (χ1v) is 6.92. The van der Waals surface area contributed by atoms with Gasteiger partial charge >= 0.3 is 0 Å². The maximum atomic E-state index is 11.6. The van der Waals surface area contributed by atoms with Gasteiger partial charge in [-0.3, -0.25) is 14.4 Å². The highest BCUT2D eigenvalue weighted by atomic mass is 32.2. The monoisotopic (exact) mass is 256 g/mol. The third-order valence-electron chi connectivity index (χ3n) is 2.79. The van der Waals surface area contributed by atoms with Crippen LogP contribution >= 0.6 is 0 Å². The van der Waals surface area contributed by atoms with Crippen molar-refractivity contribution in [2.75, 3.05) is 10.6 Å². The van der Waals surface area contributed by atoms with E-state index in [1.807, 2.05) is 0 Å². The van der Waals surface area contributed by atoms with Crippen LogP contribution in [0.1, 0.15) is 12.5 Å². The molecule has 0 N–H and O–H groups in total. The molecule has 0 fully saturated rings. The minimum atomic E-state index is -3.40. The average Bonchev–Trinajstić information content (AvgIpc) is 2.51. The molecular formula is C10H12N2O4S. The second-order valence-corrected chi connectivity index (χ2v) is 6.04. The normalized spacial score (nSPS) is 19.2. The SMILES string of the molecule is CC1Cc2ccc([N+](=O)[O-])cc2N1S(C)(=O)=O. The predicted molar refractivity (Wildman–Crippen MR) is 63.6 cm³/mol. The van der Waals surface area contributed by atoms with Gasteiger partial charge in [-0.1, -0.05) is 6.07 Å². The Balaban J connectivity index is 2.58. The van der Waals surface area contributed by atoms with Gasteiger partial charge in [-0.25, -0.2) is 8.42 Å². The Morgan fingerprint density at radius 3 is 2.65 bits per heavy atom. The quantitative estimate of drug-likeness (QED) is 0.590. The fourth-order valence-corrected chi connectivity index (χ4v) is 3.44. The lowest BCUT2D eigenvalue weighted by Crippen LogP contribution is -2.34. The van der Waals surface area contributed by atoms with Gasteiger partial charge in [0.25, 0.3) is 5.69 Å². The van der Waals surface area contributed by atoms with Crippen molar-refractivity contribution in [3.05, 3.63) is 33.9 Å². The molecule has 1 unspecified atom stereocenters. The van der Waals surface area contributed by atoms with Crippen LogP contribution in [-0.4, -0.2) is 25.6 Å². The number of nitrogens with zero attached hydrogens (tertiary/aromatic N) is 2. The number of benzene rings is 1. The molecule has 1 aromatic rings. The molecule has 7 heteroatoms. The molecular weight excluding hydrogens is 244 g/mol. The topological polar surface area (TPSA) is 80.5 Å². The molecule has 0 aliphatic carbocycles. The maximum absolute atomic E-state index is 11.6. The van der Waals surface area contributed by atoms with E-state index in [9.17, 15) is 18.5 Å². The zero-order chi connectivity index (χ0) is 12.8. The third kappa shape index (κ3) is 1.97. The minimum Gasteiger partial charge on any atom is -0.267 e. The second kappa shape index (κ2) is 3.69. The van der Waals surface area contributed by atoms with Gasteiger partial charge in [0.15, 0.2) is 0 Å². The number of hydrogen-bond donors (Lipinski definition) is 0. The molecule has 92 valence electrons. The summed E-state index contributed by atoms with van der Waals surface area (Å²) in [4.78, 5) is 10.2. The van der Waals surface area contributed by atoms with Crippen molar-refractivity contribution in [2.24, 2.45) is 0 Å². The molecule has 0 aromatic heterocycles. The van der Waals surface area contributed by atoms with Gasteiger partial charge in [-0.2, -0.15) is 0 Å². The summed E-state index contributed by atoms with van der Waals surface area (Å²) in [5, 5.41) is 10.7. The first kappa shape index (κ1) is 11.8. The third-order valence-corrected chi connectivity index (χ3v) is 4.06. The zero-order valence-electron chi connectivity index (χ0n) is 9.45. The summed E-state index contributed by atoms with van der Waals surface area (Å²) in [7, 11) is -3.40. The number of hydrogen-bond acceptors (Lipinski definition) is 4. The van der Waals surface area contributed by atoms with E-state index in [4.69, 9.17) is 0 Å². The van der Waals surface area contributed by atoms with Crippen molar-refractivity contribution < 1.29 is 13.3 Å². The standard InChI is InChI=1S/C10H12N2O4S/c1-7-5-8-3-4-9(12(13)14)6-10(8)11(7)17(2,15)16/h3-4,6-7H,5H2,1-2H3. The Morgan fingerprint density at radius 2 is 2.12 bits per heavy atom. The van der Waals surface area contributed by atoms with Gasteiger partial charge in [0.1, 0.15) is 0 Å². The Hall–Kier alpha value is -1.63. The number of nitro benzene ring substituents is 1. The summed E-state index contributed by atoms with van der Waals surface area (Å²) >= 11 is 0. The van der Waals surface area contributed by atoms with Crippen LogP contribution in [0.5, 0.6) is 0 Å². The van der Waals surface area contributed by atoms with Crippen LogP contribution in [0.4, 0.5) is 11.4 Å². The highest BCUT2D eigenvalue weighted by Gasteiger charge is 2.33. The molecule has 6 nitrogen and oxygen atoms in total. The molecule has 0 spiro atoms. The van der Waals surface area contributed by atoms with E-state index < -0.39 is 14.9 Å². The largest absolute Gasteiger partial charge is 0.271 e. The van der Waals surface area contributed by atoms with E-state index >= 15 is 0 Å². The van der Waals surface area contributed by atoms with Crippen molar-refractivity contribution in [1.82, 2.24) is 0 Å². The fraction of sp³-hybridized carbons (Fsp3) is 0.400. The van der Waals surface area contributed by atoms with Crippen LogP contribution in [0.15, 0.2) is 18.2 Å². The highest BCUT2D eigenvalue weighted by molar-refractivity contribution is 7.92. The van der Waals surface area contributed by atoms with Gasteiger partial charge in [-0.15, -0.1) is 0 Å². The molecule has 0 bridgehead atoms. The first-order valence-electron chi connectivity index (χ1n) is 5.07. The van der Waals surface area contributed by atoms with Crippen LogP contribution < -0.4 is 4.31 Å². The van der Waals surface area contributed by atoms with Crippen LogP contribution in [0.2, 0.25) is 0 Å². The molecule has 0 amide bonds. The molecule has 0 saturated heterocycles. The fourth-order valence-electron chi connectivity index (χ4n) is 2.19. The van der Waals surface area contributed by atoms with Crippen LogP contribution in [0, 0.1) is 10.1 Å². The van der Waals surface area contributed by atoms with Crippen molar-refractivity contribution in [1.29, 1.82) is 0 Å². The van der Waals surface area contributed by atoms with Gasteiger partial charge in [0.2, 0.25) is 10.0 Å². The van der Waals surface area contributed by atoms with E-state index in [0.717, 1.165) is 11.8 Å². The lowest BCUT2D eigenvalue weighted by Gasteiger charge is -2.21. The Bertz CT molecular complexity index is 582. The number of nitro groups is 1. The van der Waals surface area contributed by atoms with Crippen LogP contribution in [0.3, 0.4) is 0 Å². The summed E-state index contributed by atoms with van der Waals surface area (Å²) in [5.74, 6) is 0. The summed E-state index contributed by atoms with van der Waals surface area (Å²) in [6, 6.07) is 4.15. The number of sulfonamides is 1. The van der Waals surface area contributed by atoms with Gasteiger partial charge in [0, 0.05) is 18.2 Å². The van der Waals surface area contributed by atoms with Crippen LogP contribution in [0.25, 0.3) is 0 Å². The zero-order valence-corrected chi connectivity index (χ0v) is 10.3. The second-order valence-electron chi connectivity index (χ2n) is 4.18. The van der Waals surface area contributed by atoms with Crippen molar-refractivity contribution in [3.8, 4) is 0 Å². The molecule has 1 aliphatic heterocycles.